The number of anilines is 1. The smallest absolute Gasteiger partial charge is 0.226 e. The predicted molar refractivity (Wildman–Crippen MR) is 68.5 cm³/mol. The van der Waals surface area contributed by atoms with Gasteiger partial charge in [-0.15, -0.1) is 0 Å². The lowest BCUT2D eigenvalue weighted by molar-refractivity contribution is 0.216. The zero-order chi connectivity index (χ0) is 13.0. The van der Waals surface area contributed by atoms with Gasteiger partial charge in [0.05, 0.1) is 13.2 Å². The quantitative estimate of drug-likeness (QED) is 0.894. The maximum Gasteiger partial charge on any atom is 0.226 e. The standard InChI is InChI=1S/C13H15N3O2/c1-9(10-6-4-3-5-7-10)18-12-8-11(17-2)15-13(14)16-12/h3-9H,1-2H3,(H2,14,15,16). The molecule has 2 aromatic rings. The van der Waals surface area contributed by atoms with Gasteiger partial charge < -0.3 is 15.2 Å². The Bertz CT molecular complexity index is 517. The monoisotopic (exact) mass is 245 g/mol. The molecule has 1 unspecified atom stereocenters. The Balaban J connectivity index is 2.16. The number of benzene rings is 1. The summed E-state index contributed by atoms with van der Waals surface area (Å²) >= 11 is 0. The van der Waals surface area contributed by atoms with Crippen LogP contribution in [0.3, 0.4) is 0 Å². The molecule has 0 aliphatic rings. The molecule has 0 saturated carbocycles. The molecule has 0 amide bonds. The summed E-state index contributed by atoms with van der Waals surface area (Å²) < 4.78 is 10.7. The molecule has 1 aromatic heterocycles. The molecular weight excluding hydrogens is 230 g/mol. The summed E-state index contributed by atoms with van der Waals surface area (Å²) in [5.41, 5.74) is 6.63. The summed E-state index contributed by atoms with van der Waals surface area (Å²) in [5, 5.41) is 0. The van der Waals surface area contributed by atoms with E-state index in [0.717, 1.165) is 5.56 Å². The zero-order valence-electron chi connectivity index (χ0n) is 10.3. The molecule has 5 nitrogen and oxygen atoms in total. The van der Waals surface area contributed by atoms with Crippen molar-refractivity contribution in [3.63, 3.8) is 0 Å². The highest BCUT2D eigenvalue weighted by Crippen LogP contribution is 2.22. The van der Waals surface area contributed by atoms with E-state index in [9.17, 15) is 0 Å². The van der Waals surface area contributed by atoms with Crippen LogP contribution in [0.1, 0.15) is 18.6 Å². The fourth-order valence-corrected chi connectivity index (χ4v) is 1.56. The van der Waals surface area contributed by atoms with Crippen LogP contribution in [-0.2, 0) is 0 Å². The lowest BCUT2D eigenvalue weighted by Gasteiger charge is -2.14. The highest BCUT2D eigenvalue weighted by Gasteiger charge is 2.10. The molecule has 0 fully saturated rings. The number of aromatic nitrogens is 2. The van der Waals surface area contributed by atoms with Crippen LogP contribution >= 0.6 is 0 Å². The van der Waals surface area contributed by atoms with E-state index in [1.807, 2.05) is 37.3 Å². The second-order valence-corrected chi connectivity index (χ2v) is 3.78. The van der Waals surface area contributed by atoms with Gasteiger partial charge >= 0.3 is 0 Å². The van der Waals surface area contributed by atoms with Gasteiger partial charge in [-0.25, -0.2) is 0 Å². The van der Waals surface area contributed by atoms with E-state index < -0.39 is 0 Å². The summed E-state index contributed by atoms with van der Waals surface area (Å²) in [6.45, 7) is 1.94. The predicted octanol–water partition coefficient (Wildman–Crippen LogP) is 2.21. The summed E-state index contributed by atoms with van der Waals surface area (Å²) in [4.78, 5) is 7.91. The van der Waals surface area contributed by atoms with Gasteiger partial charge in [-0.3, -0.25) is 0 Å². The van der Waals surface area contributed by atoms with Gasteiger partial charge in [0, 0.05) is 0 Å². The summed E-state index contributed by atoms with van der Waals surface area (Å²) in [7, 11) is 1.52. The van der Waals surface area contributed by atoms with E-state index in [1.165, 1.54) is 7.11 Å². The van der Waals surface area contributed by atoms with Crippen molar-refractivity contribution in [3.05, 3.63) is 42.0 Å². The van der Waals surface area contributed by atoms with Crippen molar-refractivity contribution in [2.75, 3.05) is 12.8 Å². The minimum Gasteiger partial charge on any atom is -0.481 e. The van der Waals surface area contributed by atoms with E-state index in [2.05, 4.69) is 9.97 Å². The molecular formula is C13H15N3O2. The highest BCUT2D eigenvalue weighted by molar-refractivity contribution is 5.30. The number of methoxy groups -OCH3 is 1. The van der Waals surface area contributed by atoms with E-state index in [-0.39, 0.29) is 12.1 Å². The molecule has 0 spiro atoms. The van der Waals surface area contributed by atoms with Crippen molar-refractivity contribution in [1.82, 2.24) is 9.97 Å². The average molecular weight is 245 g/mol. The largest absolute Gasteiger partial charge is 0.481 e. The Morgan fingerprint density at radius 1 is 1.11 bits per heavy atom. The van der Waals surface area contributed by atoms with Gasteiger partial charge in [0.1, 0.15) is 6.10 Å². The second kappa shape index (κ2) is 5.35. The van der Waals surface area contributed by atoms with Crippen molar-refractivity contribution in [2.24, 2.45) is 0 Å². The third-order valence-electron chi connectivity index (χ3n) is 2.47. The van der Waals surface area contributed by atoms with Gasteiger partial charge in [0.15, 0.2) is 0 Å². The first-order chi connectivity index (χ1) is 8.69. The molecule has 0 aliphatic heterocycles. The topological polar surface area (TPSA) is 70.3 Å². The Morgan fingerprint density at radius 2 is 1.78 bits per heavy atom. The molecule has 0 aliphatic carbocycles. The molecule has 1 atom stereocenters. The van der Waals surface area contributed by atoms with Gasteiger partial charge in [0.25, 0.3) is 0 Å². The second-order valence-electron chi connectivity index (χ2n) is 3.78. The lowest BCUT2D eigenvalue weighted by atomic mass is 10.1. The third-order valence-corrected chi connectivity index (χ3v) is 2.47. The molecule has 1 aromatic carbocycles. The fraction of sp³-hybridized carbons (Fsp3) is 0.231. The van der Waals surface area contributed by atoms with E-state index in [4.69, 9.17) is 15.2 Å². The van der Waals surface area contributed by atoms with E-state index in [1.54, 1.807) is 6.07 Å². The van der Waals surface area contributed by atoms with Crippen molar-refractivity contribution in [2.45, 2.75) is 13.0 Å². The number of hydrogen-bond donors (Lipinski definition) is 1. The Kier molecular flexibility index (Phi) is 3.62. The number of ether oxygens (including phenoxy) is 2. The molecule has 0 saturated heterocycles. The van der Waals surface area contributed by atoms with Gasteiger partial charge in [0.2, 0.25) is 17.7 Å². The number of rotatable bonds is 4. The SMILES string of the molecule is COc1cc(OC(C)c2ccccc2)nc(N)n1. The van der Waals surface area contributed by atoms with E-state index >= 15 is 0 Å². The first-order valence-electron chi connectivity index (χ1n) is 5.59. The Morgan fingerprint density at radius 3 is 2.44 bits per heavy atom. The van der Waals surface area contributed by atoms with E-state index in [0.29, 0.717) is 11.8 Å². The normalized spacial score (nSPS) is 11.9. The molecule has 0 bridgehead atoms. The van der Waals surface area contributed by atoms with Crippen molar-refractivity contribution in [1.29, 1.82) is 0 Å². The number of nitrogens with two attached hydrogens (primary N) is 1. The average Bonchev–Trinajstić information content (AvgIpc) is 2.39. The maximum absolute atomic E-state index is 5.71. The first kappa shape index (κ1) is 12.2. The third kappa shape index (κ3) is 2.88. The van der Waals surface area contributed by atoms with Crippen LogP contribution < -0.4 is 15.2 Å². The Labute approximate surface area is 106 Å². The minimum absolute atomic E-state index is 0.120. The summed E-state index contributed by atoms with van der Waals surface area (Å²) in [5.74, 6) is 0.915. The zero-order valence-corrected chi connectivity index (χ0v) is 10.3. The van der Waals surface area contributed by atoms with Crippen LogP contribution in [0.15, 0.2) is 36.4 Å². The molecule has 5 heteroatoms. The fourth-order valence-electron chi connectivity index (χ4n) is 1.56. The number of hydrogen-bond acceptors (Lipinski definition) is 5. The maximum atomic E-state index is 5.71. The van der Waals surface area contributed by atoms with Crippen LogP contribution in [0.25, 0.3) is 0 Å². The Hall–Kier alpha value is -2.30. The van der Waals surface area contributed by atoms with Crippen LogP contribution in [0.4, 0.5) is 5.95 Å². The molecule has 18 heavy (non-hydrogen) atoms. The molecule has 1 heterocycles. The number of nitrogens with zero attached hydrogens (tertiary/aromatic N) is 2. The van der Waals surface area contributed by atoms with Crippen LogP contribution in [0.5, 0.6) is 11.8 Å². The minimum atomic E-state index is -0.120. The van der Waals surface area contributed by atoms with Gasteiger partial charge in [-0.2, -0.15) is 9.97 Å². The van der Waals surface area contributed by atoms with Crippen LogP contribution in [0.2, 0.25) is 0 Å². The molecule has 2 rings (SSSR count). The van der Waals surface area contributed by atoms with Gasteiger partial charge in [-0.05, 0) is 12.5 Å². The number of nitrogen functional groups attached to an aromatic ring is 1. The van der Waals surface area contributed by atoms with Crippen molar-refractivity contribution in [3.8, 4) is 11.8 Å². The lowest BCUT2D eigenvalue weighted by Crippen LogP contribution is -2.06. The highest BCUT2D eigenvalue weighted by atomic mass is 16.5. The molecule has 2 N–H and O–H groups in total. The van der Waals surface area contributed by atoms with Crippen molar-refractivity contribution >= 4 is 5.95 Å². The van der Waals surface area contributed by atoms with Crippen molar-refractivity contribution < 1.29 is 9.47 Å². The van der Waals surface area contributed by atoms with Crippen LogP contribution in [0, 0.1) is 0 Å². The van der Waals surface area contributed by atoms with Crippen LogP contribution in [-0.4, -0.2) is 17.1 Å². The molecule has 94 valence electrons. The molecule has 0 radical (unpaired) electrons. The van der Waals surface area contributed by atoms with Gasteiger partial charge in [-0.1, -0.05) is 30.3 Å². The summed E-state index contributed by atoms with van der Waals surface area (Å²) in [6, 6.07) is 11.5. The first-order valence-corrected chi connectivity index (χ1v) is 5.59. The summed E-state index contributed by atoms with van der Waals surface area (Å²) in [6.07, 6.45) is -0.120.